The molecular weight excluding hydrogens is 304 g/mol. The van der Waals surface area contributed by atoms with E-state index in [4.69, 9.17) is 4.74 Å². The van der Waals surface area contributed by atoms with Crippen molar-refractivity contribution in [2.24, 2.45) is 0 Å². The number of pyridine rings is 1. The van der Waals surface area contributed by atoms with E-state index in [1.165, 1.54) is 0 Å². The molecule has 0 bridgehead atoms. The van der Waals surface area contributed by atoms with E-state index in [9.17, 15) is 4.79 Å². The van der Waals surface area contributed by atoms with E-state index in [1.807, 2.05) is 36.7 Å². The first kappa shape index (κ1) is 15.7. The molecule has 1 aromatic carbocycles. The third kappa shape index (κ3) is 3.27. The molecule has 0 radical (unpaired) electrons. The van der Waals surface area contributed by atoms with Crippen LogP contribution in [0.2, 0.25) is 0 Å². The van der Waals surface area contributed by atoms with Crippen molar-refractivity contribution < 1.29 is 9.53 Å². The van der Waals surface area contributed by atoms with Gasteiger partial charge >= 0.3 is 0 Å². The Morgan fingerprint density at radius 3 is 2.42 bits per heavy atom. The minimum atomic E-state index is -0.193. The van der Waals surface area contributed by atoms with Gasteiger partial charge < -0.3 is 10.1 Å². The zero-order valence-electron chi connectivity index (χ0n) is 13.8. The van der Waals surface area contributed by atoms with E-state index in [-0.39, 0.29) is 5.91 Å². The Morgan fingerprint density at radius 2 is 1.88 bits per heavy atom. The summed E-state index contributed by atoms with van der Waals surface area (Å²) >= 11 is 0. The minimum Gasteiger partial charge on any atom is -0.481 e. The van der Waals surface area contributed by atoms with Gasteiger partial charge in [0, 0.05) is 17.3 Å². The minimum absolute atomic E-state index is 0.193. The number of rotatable bonds is 4. The number of hydrogen-bond acceptors (Lipinski definition) is 4. The van der Waals surface area contributed by atoms with Gasteiger partial charge in [-0.25, -0.2) is 9.67 Å². The number of nitrogens with one attached hydrogen (secondary N) is 1. The summed E-state index contributed by atoms with van der Waals surface area (Å²) in [5, 5.41) is 7.24. The van der Waals surface area contributed by atoms with Gasteiger partial charge in [0.25, 0.3) is 5.91 Å². The van der Waals surface area contributed by atoms with Gasteiger partial charge in [-0.05, 0) is 50.2 Å². The molecule has 6 heteroatoms. The third-order valence-corrected chi connectivity index (χ3v) is 3.59. The van der Waals surface area contributed by atoms with E-state index in [0.29, 0.717) is 17.1 Å². The van der Waals surface area contributed by atoms with E-state index in [2.05, 4.69) is 15.4 Å². The number of methoxy groups -OCH3 is 1. The van der Waals surface area contributed by atoms with Crippen molar-refractivity contribution in [2.75, 3.05) is 12.4 Å². The summed E-state index contributed by atoms with van der Waals surface area (Å²) in [5.41, 5.74) is 4.11. The quantitative estimate of drug-likeness (QED) is 0.801. The van der Waals surface area contributed by atoms with Crippen molar-refractivity contribution >= 4 is 11.6 Å². The van der Waals surface area contributed by atoms with Gasteiger partial charge in [-0.2, -0.15) is 5.10 Å². The van der Waals surface area contributed by atoms with Crippen LogP contribution in [0.5, 0.6) is 5.88 Å². The Morgan fingerprint density at radius 1 is 1.12 bits per heavy atom. The molecule has 3 aromatic rings. The summed E-state index contributed by atoms with van der Waals surface area (Å²) in [6.07, 6.45) is 1.56. The Labute approximate surface area is 140 Å². The van der Waals surface area contributed by atoms with E-state index in [0.717, 1.165) is 17.1 Å². The summed E-state index contributed by atoms with van der Waals surface area (Å²) < 4.78 is 6.84. The third-order valence-electron chi connectivity index (χ3n) is 3.59. The van der Waals surface area contributed by atoms with Crippen molar-refractivity contribution in [3.63, 3.8) is 0 Å². The lowest BCUT2D eigenvalue weighted by atomic mass is 10.2. The summed E-state index contributed by atoms with van der Waals surface area (Å²) in [6, 6.07) is 12.8. The van der Waals surface area contributed by atoms with Crippen LogP contribution in [0.1, 0.15) is 21.7 Å². The topological polar surface area (TPSA) is 69.0 Å². The van der Waals surface area contributed by atoms with Gasteiger partial charge in [-0.3, -0.25) is 4.79 Å². The fraction of sp³-hybridized carbons (Fsp3) is 0.167. The van der Waals surface area contributed by atoms with Crippen molar-refractivity contribution in [2.45, 2.75) is 13.8 Å². The Bertz CT molecular complexity index is 852. The molecule has 2 heterocycles. The van der Waals surface area contributed by atoms with E-state index in [1.54, 1.807) is 37.6 Å². The van der Waals surface area contributed by atoms with Crippen LogP contribution < -0.4 is 10.1 Å². The van der Waals surface area contributed by atoms with Crippen molar-refractivity contribution in [3.8, 4) is 11.6 Å². The standard InChI is InChI=1S/C18H18N4O2/c1-12-10-13(2)22(21-12)16-7-4-14(5-8-16)18(23)20-15-6-9-17(24-3)19-11-15/h4-11H,1-3H3,(H,20,23). The van der Waals surface area contributed by atoms with Crippen LogP contribution in [-0.4, -0.2) is 27.8 Å². The predicted octanol–water partition coefficient (Wildman–Crippen LogP) is 3.15. The second-order valence-corrected chi connectivity index (χ2v) is 5.43. The molecule has 6 nitrogen and oxygen atoms in total. The van der Waals surface area contributed by atoms with Crippen LogP contribution in [-0.2, 0) is 0 Å². The van der Waals surface area contributed by atoms with Gasteiger partial charge in [-0.15, -0.1) is 0 Å². The highest BCUT2D eigenvalue weighted by Gasteiger charge is 2.08. The largest absolute Gasteiger partial charge is 0.481 e. The highest BCUT2D eigenvalue weighted by molar-refractivity contribution is 6.04. The zero-order chi connectivity index (χ0) is 17.1. The van der Waals surface area contributed by atoms with Gasteiger partial charge in [0.05, 0.1) is 30.4 Å². The van der Waals surface area contributed by atoms with Crippen LogP contribution >= 0.6 is 0 Å². The molecular formula is C18H18N4O2. The lowest BCUT2D eigenvalue weighted by Gasteiger charge is -2.08. The van der Waals surface area contributed by atoms with Crippen LogP contribution in [0.4, 0.5) is 5.69 Å². The monoisotopic (exact) mass is 322 g/mol. The number of amides is 1. The second-order valence-electron chi connectivity index (χ2n) is 5.43. The van der Waals surface area contributed by atoms with E-state index >= 15 is 0 Å². The molecule has 0 aliphatic heterocycles. The normalized spacial score (nSPS) is 10.5. The van der Waals surface area contributed by atoms with Crippen molar-refractivity contribution in [3.05, 3.63) is 65.6 Å². The van der Waals surface area contributed by atoms with Gasteiger partial charge in [0.1, 0.15) is 0 Å². The summed E-state index contributed by atoms with van der Waals surface area (Å²) in [6.45, 7) is 3.95. The summed E-state index contributed by atoms with van der Waals surface area (Å²) in [5.74, 6) is 0.309. The first-order chi connectivity index (χ1) is 11.6. The number of anilines is 1. The molecule has 0 saturated heterocycles. The van der Waals surface area contributed by atoms with Gasteiger partial charge in [0.15, 0.2) is 0 Å². The number of nitrogens with zero attached hydrogens (tertiary/aromatic N) is 3. The molecule has 2 aromatic heterocycles. The van der Waals surface area contributed by atoms with Gasteiger partial charge in [-0.1, -0.05) is 0 Å². The number of aryl methyl sites for hydroxylation is 2. The smallest absolute Gasteiger partial charge is 0.255 e. The maximum Gasteiger partial charge on any atom is 0.255 e. The molecule has 0 atom stereocenters. The molecule has 0 spiro atoms. The molecule has 0 aliphatic rings. The van der Waals surface area contributed by atoms with E-state index < -0.39 is 0 Å². The Balaban J connectivity index is 1.74. The van der Waals surface area contributed by atoms with Crippen LogP contribution in [0.3, 0.4) is 0 Å². The second kappa shape index (κ2) is 6.54. The number of aromatic nitrogens is 3. The molecule has 24 heavy (non-hydrogen) atoms. The molecule has 0 fully saturated rings. The first-order valence-electron chi connectivity index (χ1n) is 7.52. The number of carbonyl (C=O) groups is 1. The highest BCUT2D eigenvalue weighted by Crippen LogP contribution is 2.15. The molecule has 122 valence electrons. The van der Waals surface area contributed by atoms with Crippen LogP contribution in [0, 0.1) is 13.8 Å². The molecule has 3 rings (SSSR count). The predicted molar refractivity (Wildman–Crippen MR) is 91.8 cm³/mol. The summed E-state index contributed by atoms with van der Waals surface area (Å²) in [7, 11) is 1.55. The number of ether oxygens (including phenoxy) is 1. The highest BCUT2D eigenvalue weighted by atomic mass is 16.5. The van der Waals surface area contributed by atoms with Gasteiger partial charge in [0.2, 0.25) is 5.88 Å². The van der Waals surface area contributed by atoms with Crippen molar-refractivity contribution in [1.29, 1.82) is 0 Å². The zero-order valence-corrected chi connectivity index (χ0v) is 13.8. The lowest BCUT2D eigenvalue weighted by Crippen LogP contribution is -2.12. The molecule has 1 N–H and O–H groups in total. The van der Waals surface area contributed by atoms with Crippen LogP contribution in [0.15, 0.2) is 48.7 Å². The fourth-order valence-corrected chi connectivity index (χ4v) is 2.42. The van der Waals surface area contributed by atoms with Crippen LogP contribution in [0.25, 0.3) is 5.69 Å². The number of benzene rings is 1. The average Bonchev–Trinajstić information content (AvgIpc) is 2.94. The lowest BCUT2D eigenvalue weighted by molar-refractivity contribution is 0.102. The first-order valence-corrected chi connectivity index (χ1v) is 7.52. The van der Waals surface area contributed by atoms with Crippen molar-refractivity contribution in [1.82, 2.24) is 14.8 Å². The SMILES string of the molecule is COc1ccc(NC(=O)c2ccc(-n3nc(C)cc3C)cc2)cn1. The molecule has 0 saturated carbocycles. The number of hydrogen-bond donors (Lipinski definition) is 1. The maximum atomic E-state index is 12.3. The number of carbonyl (C=O) groups excluding carboxylic acids is 1. The molecule has 0 unspecified atom stereocenters. The average molecular weight is 322 g/mol. The Kier molecular flexibility index (Phi) is 4.29. The summed E-state index contributed by atoms with van der Waals surface area (Å²) in [4.78, 5) is 16.4. The fourth-order valence-electron chi connectivity index (χ4n) is 2.42. The maximum absolute atomic E-state index is 12.3. The Hall–Kier alpha value is -3.15. The molecule has 0 aliphatic carbocycles. The molecule has 1 amide bonds.